The molecule has 132 valence electrons. The number of nitrogens with one attached hydrogen (secondary N) is 1. The van der Waals surface area contributed by atoms with Gasteiger partial charge >= 0.3 is 0 Å². The van der Waals surface area contributed by atoms with Gasteiger partial charge in [-0.3, -0.25) is 14.5 Å². The van der Waals surface area contributed by atoms with Crippen molar-refractivity contribution in [1.29, 1.82) is 0 Å². The Balaban J connectivity index is 1.39. The van der Waals surface area contributed by atoms with Crippen LogP contribution in [-0.4, -0.2) is 44.5 Å². The number of hydrogen-bond acceptors (Lipinski definition) is 5. The van der Waals surface area contributed by atoms with Crippen LogP contribution in [0.2, 0.25) is 0 Å². The molecule has 4 rings (SSSR count). The maximum atomic E-state index is 12.5. The van der Waals surface area contributed by atoms with Crippen LogP contribution in [0.5, 0.6) is 0 Å². The van der Waals surface area contributed by atoms with Crippen molar-refractivity contribution in [1.82, 2.24) is 20.1 Å². The molecule has 1 unspecified atom stereocenters. The van der Waals surface area contributed by atoms with Crippen LogP contribution in [0.4, 0.5) is 0 Å². The molecule has 2 aromatic heterocycles. The van der Waals surface area contributed by atoms with Crippen LogP contribution in [0.1, 0.15) is 34.5 Å². The quantitative estimate of drug-likeness (QED) is 0.862. The molecule has 0 spiro atoms. The first-order valence-electron chi connectivity index (χ1n) is 8.71. The van der Waals surface area contributed by atoms with E-state index in [9.17, 15) is 9.90 Å². The van der Waals surface area contributed by atoms with Crippen molar-refractivity contribution in [3.05, 3.63) is 47.5 Å². The van der Waals surface area contributed by atoms with Crippen molar-refractivity contribution in [3.63, 3.8) is 0 Å². The second kappa shape index (κ2) is 6.93. The molecule has 1 saturated carbocycles. The molecule has 1 aliphatic heterocycles. The minimum Gasteiger partial charge on any atom is -0.391 e. The summed E-state index contributed by atoms with van der Waals surface area (Å²) < 4.78 is 7.24. The van der Waals surface area contributed by atoms with Crippen LogP contribution in [-0.2, 0) is 24.3 Å². The number of hydrogen-bond donors (Lipinski definition) is 2. The summed E-state index contributed by atoms with van der Waals surface area (Å²) in [6, 6.07) is 3.55. The molecule has 0 bridgehead atoms. The van der Waals surface area contributed by atoms with Crippen LogP contribution in [0.3, 0.4) is 0 Å². The van der Waals surface area contributed by atoms with Crippen LogP contribution in [0.15, 0.2) is 30.7 Å². The third-order valence-electron chi connectivity index (χ3n) is 5.02. The van der Waals surface area contributed by atoms with Gasteiger partial charge in [-0.2, -0.15) is 5.10 Å². The highest BCUT2D eigenvalue weighted by molar-refractivity contribution is 5.94. The van der Waals surface area contributed by atoms with Crippen molar-refractivity contribution >= 4 is 5.91 Å². The number of pyridine rings is 1. The zero-order valence-electron chi connectivity index (χ0n) is 14.0. The highest BCUT2D eigenvalue weighted by atomic mass is 16.5. The molecular weight excluding hydrogens is 320 g/mol. The zero-order valence-corrected chi connectivity index (χ0v) is 14.0. The van der Waals surface area contributed by atoms with Crippen molar-refractivity contribution in [2.45, 2.75) is 44.6 Å². The standard InChI is InChI=1S/C18H22N4O3/c23-17-7-12(10-22-4-1-3-20-22)6-15(17)21-18(24)14-8-13-2-5-25-11-16(13)19-9-14/h1,3-4,8-9,12,15,17,23H,2,5-7,10-11H2,(H,21,24)/t12?,15-,17-/m1/s1. The Morgan fingerprint density at radius 1 is 1.44 bits per heavy atom. The molecule has 3 heterocycles. The first-order chi connectivity index (χ1) is 12.2. The molecule has 0 saturated heterocycles. The predicted octanol–water partition coefficient (Wildman–Crippen LogP) is 0.920. The summed E-state index contributed by atoms with van der Waals surface area (Å²) in [6.45, 7) is 1.93. The normalized spacial score (nSPS) is 25.6. The molecule has 25 heavy (non-hydrogen) atoms. The smallest absolute Gasteiger partial charge is 0.253 e. The van der Waals surface area contributed by atoms with Crippen molar-refractivity contribution in [2.24, 2.45) is 5.92 Å². The minimum absolute atomic E-state index is 0.175. The number of carbonyl (C=O) groups excluding carboxylic acids is 1. The number of amides is 1. The fourth-order valence-corrected chi connectivity index (χ4v) is 3.71. The topological polar surface area (TPSA) is 89.3 Å². The molecule has 7 heteroatoms. The monoisotopic (exact) mass is 342 g/mol. The van der Waals surface area contributed by atoms with Gasteiger partial charge in [-0.15, -0.1) is 0 Å². The number of nitrogens with zero attached hydrogens (tertiary/aromatic N) is 3. The van der Waals surface area contributed by atoms with E-state index in [4.69, 9.17) is 4.74 Å². The average molecular weight is 342 g/mol. The summed E-state index contributed by atoms with van der Waals surface area (Å²) in [7, 11) is 0. The number of rotatable bonds is 4. The van der Waals surface area contributed by atoms with E-state index in [2.05, 4.69) is 15.4 Å². The molecule has 1 amide bonds. The van der Waals surface area contributed by atoms with Gasteiger partial charge in [0.2, 0.25) is 0 Å². The van der Waals surface area contributed by atoms with E-state index in [0.717, 1.165) is 30.6 Å². The van der Waals surface area contributed by atoms with Crippen LogP contribution in [0, 0.1) is 5.92 Å². The van der Waals surface area contributed by atoms with E-state index in [0.29, 0.717) is 31.1 Å². The first kappa shape index (κ1) is 16.2. The van der Waals surface area contributed by atoms with Gasteiger partial charge in [-0.25, -0.2) is 0 Å². The Labute approximate surface area is 146 Å². The molecule has 2 N–H and O–H groups in total. The van der Waals surface area contributed by atoms with Gasteiger partial charge in [0.25, 0.3) is 5.91 Å². The Morgan fingerprint density at radius 2 is 2.36 bits per heavy atom. The summed E-state index contributed by atoms with van der Waals surface area (Å²) in [6.07, 6.45) is 6.93. The Bertz CT molecular complexity index is 747. The predicted molar refractivity (Wildman–Crippen MR) is 89.8 cm³/mol. The van der Waals surface area contributed by atoms with Crippen molar-refractivity contribution in [3.8, 4) is 0 Å². The number of aromatic nitrogens is 3. The summed E-state index contributed by atoms with van der Waals surface area (Å²) >= 11 is 0. The van der Waals surface area contributed by atoms with Crippen LogP contribution >= 0.6 is 0 Å². The highest BCUT2D eigenvalue weighted by Gasteiger charge is 2.34. The van der Waals surface area contributed by atoms with Crippen LogP contribution in [0.25, 0.3) is 0 Å². The summed E-state index contributed by atoms with van der Waals surface area (Å²) in [5.74, 6) is 0.129. The Hall–Kier alpha value is -2.25. The van der Waals surface area contributed by atoms with Crippen LogP contribution < -0.4 is 5.32 Å². The van der Waals surface area contributed by atoms with Crippen molar-refractivity contribution < 1.29 is 14.6 Å². The molecule has 3 atom stereocenters. The molecular formula is C18H22N4O3. The third-order valence-corrected chi connectivity index (χ3v) is 5.02. The van der Waals surface area contributed by atoms with Crippen molar-refractivity contribution in [2.75, 3.05) is 6.61 Å². The molecule has 1 aliphatic carbocycles. The Kier molecular flexibility index (Phi) is 4.50. The molecule has 7 nitrogen and oxygen atoms in total. The fourth-order valence-electron chi connectivity index (χ4n) is 3.71. The lowest BCUT2D eigenvalue weighted by Crippen LogP contribution is -2.40. The molecule has 1 fully saturated rings. The molecule has 0 aromatic carbocycles. The number of ether oxygens (including phenoxy) is 1. The average Bonchev–Trinajstić information content (AvgIpc) is 3.25. The molecule has 2 aliphatic rings. The molecule has 2 aromatic rings. The van der Waals surface area contributed by atoms with Gasteiger partial charge in [0.15, 0.2) is 0 Å². The summed E-state index contributed by atoms with van der Waals surface area (Å²) in [5.41, 5.74) is 2.52. The summed E-state index contributed by atoms with van der Waals surface area (Å²) in [5, 5.41) is 17.5. The van der Waals surface area contributed by atoms with Gasteiger partial charge in [0.1, 0.15) is 0 Å². The van der Waals surface area contributed by atoms with E-state index >= 15 is 0 Å². The van der Waals surface area contributed by atoms with Gasteiger partial charge in [0.05, 0.1) is 36.6 Å². The summed E-state index contributed by atoms with van der Waals surface area (Å²) in [4.78, 5) is 16.9. The highest BCUT2D eigenvalue weighted by Crippen LogP contribution is 2.28. The maximum Gasteiger partial charge on any atom is 0.253 e. The van der Waals surface area contributed by atoms with E-state index in [-0.39, 0.29) is 11.9 Å². The number of aliphatic hydroxyl groups is 1. The first-order valence-corrected chi connectivity index (χ1v) is 8.71. The fraction of sp³-hybridized carbons (Fsp3) is 0.500. The SMILES string of the molecule is O=C(N[C@@H]1CC(Cn2cccn2)C[C@H]1O)c1cnc2c(c1)CCOC2. The van der Waals surface area contributed by atoms with E-state index < -0.39 is 6.10 Å². The number of aliphatic hydroxyl groups excluding tert-OH is 1. The lowest BCUT2D eigenvalue weighted by molar-refractivity contribution is 0.0870. The Morgan fingerprint density at radius 3 is 3.20 bits per heavy atom. The van der Waals surface area contributed by atoms with Gasteiger partial charge in [0, 0.05) is 25.1 Å². The second-order valence-electron chi connectivity index (χ2n) is 6.85. The maximum absolute atomic E-state index is 12.5. The number of fused-ring (bicyclic) bond motifs is 1. The largest absolute Gasteiger partial charge is 0.391 e. The second-order valence-corrected chi connectivity index (χ2v) is 6.85. The third kappa shape index (κ3) is 3.57. The minimum atomic E-state index is -0.525. The molecule has 0 radical (unpaired) electrons. The number of carbonyl (C=O) groups is 1. The van der Waals surface area contributed by atoms with Gasteiger partial charge in [-0.05, 0) is 42.9 Å². The lowest BCUT2D eigenvalue weighted by Gasteiger charge is -2.18. The lowest BCUT2D eigenvalue weighted by atomic mass is 10.1. The van der Waals surface area contributed by atoms with E-state index in [1.165, 1.54) is 0 Å². The van der Waals surface area contributed by atoms with Gasteiger partial charge < -0.3 is 15.2 Å². The van der Waals surface area contributed by atoms with E-state index in [1.54, 1.807) is 12.4 Å². The van der Waals surface area contributed by atoms with Gasteiger partial charge in [-0.1, -0.05) is 0 Å². The van der Waals surface area contributed by atoms with E-state index in [1.807, 2.05) is 23.0 Å². The zero-order chi connectivity index (χ0) is 17.2.